The van der Waals surface area contributed by atoms with Crippen molar-refractivity contribution in [3.63, 3.8) is 0 Å². The third kappa shape index (κ3) is 3.37. The molecule has 0 saturated carbocycles. The van der Waals surface area contributed by atoms with Gasteiger partial charge in [-0.25, -0.2) is 4.98 Å². The van der Waals surface area contributed by atoms with E-state index in [9.17, 15) is 0 Å². The van der Waals surface area contributed by atoms with Gasteiger partial charge in [-0.1, -0.05) is 61.7 Å². The largest absolute Gasteiger partial charge is 0.307 e. The molecular formula is C25H31BrN4. The van der Waals surface area contributed by atoms with E-state index < -0.39 is 0 Å². The van der Waals surface area contributed by atoms with Crippen LogP contribution in [0.3, 0.4) is 0 Å². The molecule has 1 aromatic carbocycles. The molecule has 0 aliphatic carbocycles. The number of imidazole rings is 1. The molecule has 0 aliphatic heterocycles. The second-order valence-electron chi connectivity index (χ2n) is 8.17. The van der Waals surface area contributed by atoms with Gasteiger partial charge >= 0.3 is 0 Å². The molecule has 0 unspecified atom stereocenters. The van der Waals surface area contributed by atoms with Crippen molar-refractivity contribution in [2.24, 2.45) is 4.99 Å². The van der Waals surface area contributed by atoms with E-state index >= 15 is 0 Å². The van der Waals surface area contributed by atoms with Crippen molar-refractivity contribution >= 4 is 32.7 Å². The first-order valence-electron chi connectivity index (χ1n) is 11.1. The molecule has 30 heavy (non-hydrogen) atoms. The van der Waals surface area contributed by atoms with Crippen LogP contribution in [-0.2, 0) is 6.42 Å². The molecule has 0 spiro atoms. The summed E-state index contributed by atoms with van der Waals surface area (Å²) in [6.07, 6.45) is 5.69. The highest BCUT2D eigenvalue weighted by atomic mass is 79.9. The predicted octanol–water partition coefficient (Wildman–Crippen LogP) is 6.70. The number of aryl methyl sites for hydroxylation is 2. The van der Waals surface area contributed by atoms with Crippen LogP contribution < -0.4 is 5.49 Å². The van der Waals surface area contributed by atoms with Crippen molar-refractivity contribution in [2.75, 3.05) is 7.05 Å². The molecule has 4 rings (SSSR count). The van der Waals surface area contributed by atoms with Crippen LogP contribution in [0.5, 0.6) is 0 Å². The third-order valence-corrected chi connectivity index (χ3v) is 6.74. The lowest BCUT2D eigenvalue weighted by molar-refractivity contribution is 0.426. The van der Waals surface area contributed by atoms with Crippen LogP contribution in [0.4, 0.5) is 0 Å². The highest BCUT2D eigenvalue weighted by Gasteiger charge is 2.23. The molecule has 0 bridgehead atoms. The Morgan fingerprint density at radius 1 is 1.03 bits per heavy atom. The van der Waals surface area contributed by atoms with Gasteiger partial charge in [0.2, 0.25) is 0 Å². The van der Waals surface area contributed by atoms with Crippen molar-refractivity contribution in [2.45, 2.75) is 65.8 Å². The molecule has 5 heteroatoms. The standard InChI is InChI=1S/C25H31BrN4/c1-6-9-18(10-7-2)29-23-13-16(4)28-24-20(15-22(30(23)24)25(29)27-5)19-12-11-17(8-3)14-21(19)26/h11-15,18H,6-10H2,1-5H3. The number of nitrogens with zero attached hydrogens (tertiary/aromatic N) is 4. The van der Waals surface area contributed by atoms with Crippen LogP contribution in [0.1, 0.15) is 63.8 Å². The summed E-state index contributed by atoms with van der Waals surface area (Å²) in [5.74, 6) is 0. The van der Waals surface area contributed by atoms with Crippen LogP contribution in [-0.4, -0.2) is 21.0 Å². The first-order valence-corrected chi connectivity index (χ1v) is 11.9. The minimum absolute atomic E-state index is 0.461. The maximum Gasteiger partial charge on any atom is 0.154 e. The van der Waals surface area contributed by atoms with Crippen LogP contribution >= 0.6 is 15.9 Å². The second-order valence-corrected chi connectivity index (χ2v) is 9.03. The fourth-order valence-corrected chi connectivity index (χ4v) is 5.35. The van der Waals surface area contributed by atoms with Crippen molar-refractivity contribution in [1.29, 1.82) is 0 Å². The highest BCUT2D eigenvalue weighted by molar-refractivity contribution is 9.10. The van der Waals surface area contributed by atoms with Crippen molar-refractivity contribution in [1.82, 2.24) is 14.0 Å². The lowest BCUT2D eigenvalue weighted by Crippen LogP contribution is -2.22. The van der Waals surface area contributed by atoms with Gasteiger partial charge in [0.25, 0.3) is 0 Å². The van der Waals surface area contributed by atoms with E-state index in [2.05, 4.69) is 82.9 Å². The Balaban J connectivity index is 2.05. The van der Waals surface area contributed by atoms with E-state index in [0.29, 0.717) is 6.04 Å². The summed E-state index contributed by atoms with van der Waals surface area (Å²) in [5.41, 5.74) is 9.14. The summed E-state index contributed by atoms with van der Waals surface area (Å²) < 4.78 is 5.89. The van der Waals surface area contributed by atoms with Crippen LogP contribution in [0.15, 0.2) is 39.8 Å². The van der Waals surface area contributed by atoms with Crippen molar-refractivity contribution in [3.8, 4) is 11.1 Å². The Morgan fingerprint density at radius 2 is 1.77 bits per heavy atom. The zero-order chi connectivity index (χ0) is 21.4. The minimum atomic E-state index is 0.461. The van der Waals surface area contributed by atoms with E-state index in [1.165, 1.54) is 29.6 Å². The molecule has 0 N–H and O–H groups in total. The quantitative estimate of drug-likeness (QED) is 0.298. The summed E-state index contributed by atoms with van der Waals surface area (Å²) in [6.45, 7) is 8.82. The van der Waals surface area contributed by atoms with Gasteiger partial charge in [-0.15, -0.1) is 0 Å². The van der Waals surface area contributed by atoms with E-state index in [0.717, 1.165) is 51.6 Å². The number of hydrogen-bond donors (Lipinski definition) is 0. The normalized spacial score (nSPS) is 12.8. The maximum absolute atomic E-state index is 4.97. The lowest BCUT2D eigenvalue weighted by atomic mass is 10.0. The van der Waals surface area contributed by atoms with Gasteiger partial charge < -0.3 is 4.57 Å². The van der Waals surface area contributed by atoms with Crippen LogP contribution in [0.2, 0.25) is 0 Å². The number of rotatable bonds is 7. The topological polar surface area (TPSA) is 34.6 Å². The predicted molar refractivity (Wildman–Crippen MR) is 129 cm³/mol. The Hall–Kier alpha value is -2.14. The smallest absolute Gasteiger partial charge is 0.154 e. The summed E-state index contributed by atoms with van der Waals surface area (Å²) >= 11 is 3.81. The molecule has 0 saturated heterocycles. The van der Waals surface area contributed by atoms with Crippen molar-refractivity contribution in [3.05, 3.63) is 51.5 Å². The van der Waals surface area contributed by atoms with E-state index in [1.54, 1.807) is 0 Å². The zero-order valence-electron chi connectivity index (χ0n) is 18.7. The van der Waals surface area contributed by atoms with E-state index in [4.69, 9.17) is 9.98 Å². The van der Waals surface area contributed by atoms with Gasteiger partial charge in [-0.2, -0.15) is 0 Å². The molecule has 0 atom stereocenters. The van der Waals surface area contributed by atoms with E-state index in [-0.39, 0.29) is 0 Å². The summed E-state index contributed by atoms with van der Waals surface area (Å²) in [4.78, 5) is 9.74. The second kappa shape index (κ2) is 8.54. The Bertz CT molecular complexity index is 1240. The van der Waals surface area contributed by atoms with Gasteiger partial charge in [0.05, 0.1) is 5.52 Å². The highest BCUT2D eigenvalue weighted by Crippen LogP contribution is 2.36. The molecule has 0 radical (unpaired) electrons. The van der Waals surface area contributed by atoms with Crippen molar-refractivity contribution < 1.29 is 0 Å². The van der Waals surface area contributed by atoms with Crippen LogP contribution in [0.25, 0.3) is 27.9 Å². The Morgan fingerprint density at radius 3 is 2.37 bits per heavy atom. The van der Waals surface area contributed by atoms with Crippen LogP contribution in [0, 0.1) is 6.92 Å². The fraction of sp³-hybridized carbons (Fsp3) is 0.440. The van der Waals surface area contributed by atoms with Gasteiger partial charge in [0, 0.05) is 34.9 Å². The van der Waals surface area contributed by atoms with Gasteiger partial charge in [0.1, 0.15) is 11.3 Å². The molecule has 3 aromatic heterocycles. The molecule has 4 aromatic rings. The Labute approximate surface area is 187 Å². The first-order chi connectivity index (χ1) is 14.5. The zero-order valence-corrected chi connectivity index (χ0v) is 20.3. The van der Waals surface area contributed by atoms with Gasteiger partial charge in [0.15, 0.2) is 5.49 Å². The molecular weight excluding hydrogens is 436 g/mol. The molecule has 0 fully saturated rings. The average Bonchev–Trinajstić information content (AvgIpc) is 3.24. The number of aromatic nitrogens is 3. The molecule has 3 heterocycles. The summed E-state index contributed by atoms with van der Waals surface area (Å²) in [7, 11) is 1.91. The van der Waals surface area contributed by atoms with E-state index in [1.807, 2.05) is 7.05 Å². The third-order valence-electron chi connectivity index (χ3n) is 6.08. The number of benzene rings is 1. The summed E-state index contributed by atoms with van der Waals surface area (Å²) in [6, 6.07) is 11.6. The molecule has 158 valence electrons. The van der Waals surface area contributed by atoms with Gasteiger partial charge in [-0.3, -0.25) is 9.39 Å². The number of halogens is 1. The SMILES string of the molecule is CCCC(CCC)n1c(=NC)c2cc(-c3ccc(CC)cc3Br)c3nc(C)cc1n32. The molecule has 4 nitrogen and oxygen atoms in total. The number of hydrogen-bond acceptors (Lipinski definition) is 2. The van der Waals surface area contributed by atoms with Gasteiger partial charge in [-0.05, 0) is 49.4 Å². The molecule has 0 amide bonds. The maximum atomic E-state index is 4.97. The summed E-state index contributed by atoms with van der Waals surface area (Å²) in [5, 5.41) is 0. The fourth-order valence-electron chi connectivity index (χ4n) is 4.71. The minimum Gasteiger partial charge on any atom is -0.307 e. The average molecular weight is 467 g/mol. The lowest BCUT2D eigenvalue weighted by Gasteiger charge is -2.19. The Kier molecular flexibility index (Phi) is 6.01. The monoisotopic (exact) mass is 466 g/mol. The molecule has 0 aliphatic rings. The first kappa shape index (κ1) is 21.1.